The molecule has 3 heterocycles. The summed E-state index contributed by atoms with van der Waals surface area (Å²) in [6.45, 7) is 1.91. The average molecular weight is 378 g/mol. The fourth-order valence-electron chi connectivity index (χ4n) is 3.16. The number of nitrogens with two attached hydrogens (primary N) is 1. The van der Waals surface area contributed by atoms with Crippen LogP contribution < -0.4 is 15.2 Å². The van der Waals surface area contributed by atoms with Crippen LogP contribution in [0.1, 0.15) is 24.4 Å². The van der Waals surface area contributed by atoms with Gasteiger partial charge < -0.3 is 20.1 Å². The number of thioether (sulfide) groups is 1. The van der Waals surface area contributed by atoms with E-state index in [2.05, 4.69) is 10.2 Å². The summed E-state index contributed by atoms with van der Waals surface area (Å²) in [5.74, 6) is 1.99. The molecule has 2 aliphatic rings. The van der Waals surface area contributed by atoms with E-state index in [1.165, 1.54) is 23.1 Å². The monoisotopic (exact) mass is 378 g/mol. The van der Waals surface area contributed by atoms with Crippen molar-refractivity contribution in [1.29, 1.82) is 0 Å². The van der Waals surface area contributed by atoms with Crippen LogP contribution in [0.5, 0.6) is 11.5 Å². The molecule has 1 saturated heterocycles. The molecule has 0 saturated carbocycles. The van der Waals surface area contributed by atoms with Crippen molar-refractivity contribution < 1.29 is 14.3 Å². The van der Waals surface area contributed by atoms with Crippen LogP contribution in [-0.2, 0) is 4.79 Å². The van der Waals surface area contributed by atoms with E-state index in [1.807, 2.05) is 23.1 Å². The van der Waals surface area contributed by atoms with Crippen LogP contribution in [0.2, 0.25) is 0 Å². The van der Waals surface area contributed by atoms with Gasteiger partial charge in [-0.3, -0.25) is 4.79 Å². The molecule has 0 radical (unpaired) electrons. The number of benzene rings is 1. The van der Waals surface area contributed by atoms with Crippen molar-refractivity contribution in [2.75, 3.05) is 31.2 Å². The van der Waals surface area contributed by atoms with Gasteiger partial charge in [0.15, 0.2) is 15.8 Å². The molecule has 7 nitrogen and oxygen atoms in total. The molecule has 25 heavy (non-hydrogen) atoms. The molecule has 2 N–H and O–H groups in total. The van der Waals surface area contributed by atoms with Gasteiger partial charge in [0.2, 0.25) is 11.0 Å². The lowest BCUT2D eigenvalue weighted by Crippen LogP contribution is -2.32. The fraction of sp³-hybridized carbons (Fsp3) is 0.438. The molecule has 1 aromatic carbocycles. The van der Waals surface area contributed by atoms with Gasteiger partial charge in [0.1, 0.15) is 13.2 Å². The maximum Gasteiger partial charge on any atom is 0.233 e. The van der Waals surface area contributed by atoms with Gasteiger partial charge in [0.25, 0.3) is 0 Å². The van der Waals surface area contributed by atoms with Crippen LogP contribution >= 0.6 is 23.1 Å². The smallest absolute Gasteiger partial charge is 0.233 e. The first kappa shape index (κ1) is 16.5. The standard InChI is InChI=1S/C16H18N4O3S2/c17-15-18-19-16(25-15)24-9-14(21)20-5-1-2-11(20)10-3-4-12-13(8-10)23-7-6-22-12/h3-4,8,11H,1-2,5-7,9H2,(H2,17,18). The van der Waals surface area contributed by atoms with Crippen LogP contribution in [0.25, 0.3) is 0 Å². The normalized spacial score (nSPS) is 19.2. The highest BCUT2D eigenvalue weighted by Crippen LogP contribution is 2.38. The van der Waals surface area contributed by atoms with E-state index in [0.29, 0.717) is 24.1 Å². The second-order valence-corrected chi connectivity index (χ2v) is 8.07. The Kier molecular flexibility index (Phi) is 4.67. The van der Waals surface area contributed by atoms with Crippen molar-refractivity contribution in [3.8, 4) is 11.5 Å². The average Bonchev–Trinajstić information content (AvgIpc) is 3.28. The molecule has 132 valence electrons. The lowest BCUT2D eigenvalue weighted by Gasteiger charge is -2.26. The van der Waals surface area contributed by atoms with E-state index in [-0.39, 0.29) is 11.9 Å². The second kappa shape index (κ2) is 7.09. The van der Waals surface area contributed by atoms with Gasteiger partial charge in [-0.1, -0.05) is 29.2 Å². The molecule has 0 bridgehead atoms. The number of carbonyl (C=O) groups excluding carboxylic acids is 1. The maximum absolute atomic E-state index is 12.7. The molecule has 0 spiro atoms. The summed E-state index contributed by atoms with van der Waals surface area (Å²) >= 11 is 2.69. The van der Waals surface area contributed by atoms with Crippen molar-refractivity contribution in [2.45, 2.75) is 23.2 Å². The number of nitrogen functional groups attached to an aromatic ring is 1. The molecule has 9 heteroatoms. The van der Waals surface area contributed by atoms with Gasteiger partial charge in [0.05, 0.1) is 11.8 Å². The summed E-state index contributed by atoms with van der Waals surface area (Å²) < 4.78 is 12.0. The molecular formula is C16H18N4O3S2. The van der Waals surface area contributed by atoms with E-state index < -0.39 is 0 Å². The molecule has 2 aromatic rings. The predicted molar refractivity (Wildman–Crippen MR) is 96.2 cm³/mol. The van der Waals surface area contributed by atoms with Gasteiger partial charge in [-0.15, -0.1) is 10.2 Å². The van der Waals surface area contributed by atoms with Crippen molar-refractivity contribution in [3.05, 3.63) is 23.8 Å². The first-order valence-electron chi connectivity index (χ1n) is 8.11. The van der Waals surface area contributed by atoms with Crippen LogP contribution in [-0.4, -0.2) is 46.5 Å². The zero-order valence-electron chi connectivity index (χ0n) is 13.5. The van der Waals surface area contributed by atoms with E-state index in [0.717, 1.165) is 40.8 Å². The molecule has 1 fully saturated rings. The number of hydrogen-bond donors (Lipinski definition) is 1. The summed E-state index contributed by atoms with van der Waals surface area (Å²) in [4.78, 5) is 14.6. The van der Waals surface area contributed by atoms with E-state index in [1.54, 1.807) is 0 Å². The van der Waals surface area contributed by atoms with Crippen molar-refractivity contribution in [3.63, 3.8) is 0 Å². The predicted octanol–water partition coefficient (Wildman–Crippen LogP) is 2.35. The molecule has 1 aromatic heterocycles. The Balaban J connectivity index is 1.45. The highest BCUT2D eigenvalue weighted by Gasteiger charge is 2.30. The number of likely N-dealkylation sites (tertiary alicyclic amines) is 1. The number of rotatable bonds is 4. The maximum atomic E-state index is 12.7. The number of carbonyl (C=O) groups is 1. The van der Waals surface area contributed by atoms with Crippen LogP contribution in [0.3, 0.4) is 0 Å². The number of aromatic nitrogens is 2. The number of amides is 1. The third kappa shape index (κ3) is 3.52. The minimum Gasteiger partial charge on any atom is -0.486 e. The summed E-state index contributed by atoms with van der Waals surface area (Å²) in [6, 6.07) is 6.05. The largest absolute Gasteiger partial charge is 0.486 e. The Morgan fingerprint density at radius 3 is 2.96 bits per heavy atom. The summed E-state index contributed by atoms with van der Waals surface area (Å²) in [6.07, 6.45) is 1.96. The molecular weight excluding hydrogens is 360 g/mol. The van der Waals surface area contributed by atoms with E-state index in [4.69, 9.17) is 15.2 Å². The second-order valence-electron chi connectivity index (χ2n) is 5.84. The van der Waals surface area contributed by atoms with E-state index in [9.17, 15) is 4.79 Å². The third-order valence-electron chi connectivity index (χ3n) is 4.27. The Hall–Kier alpha value is -2.00. The van der Waals surface area contributed by atoms with Gasteiger partial charge in [-0.2, -0.15) is 0 Å². The van der Waals surface area contributed by atoms with Crippen molar-refractivity contribution in [2.24, 2.45) is 0 Å². The Morgan fingerprint density at radius 1 is 1.32 bits per heavy atom. The molecule has 1 atom stereocenters. The van der Waals surface area contributed by atoms with Crippen LogP contribution in [0.4, 0.5) is 5.13 Å². The number of fused-ring (bicyclic) bond motifs is 1. The zero-order chi connectivity index (χ0) is 17.2. The highest BCUT2D eigenvalue weighted by molar-refractivity contribution is 8.01. The molecule has 2 aliphatic heterocycles. The minimum absolute atomic E-state index is 0.0865. The van der Waals surface area contributed by atoms with Gasteiger partial charge in [0, 0.05) is 6.54 Å². The summed E-state index contributed by atoms with van der Waals surface area (Å²) in [5.41, 5.74) is 6.67. The minimum atomic E-state index is 0.0865. The SMILES string of the molecule is Nc1nnc(SCC(=O)N2CCCC2c2ccc3c(c2)OCCO3)s1. The zero-order valence-corrected chi connectivity index (χ0v) is 15.1. The molecule has 1 unspecified atom stereocenters. The van der Waals surface area contributed by atoms with Gasteiger partial charge in [-0.25, -0.2) is 0 Å². The Labute approximate surface area is 153 Å². The lowest BCUT2D eigenvalue weighted by molar-refractivity contribution is -0.129. The highest BCUT2D eigenvalue weighted by atomic mass is 32.2. The Morgan fingerprint density at radius 2 is 2.16 bits per heavy atom. The lowest BCUT2D eigenvalue weighted by atomic mass is 10.0. The first-order chi connectivity index (χ1) is 12.2. The molecule has 0 aliphatic carbocycles. The summed E-state index contributed by atoms with van der Waals surface area (Å²) in [7, 11) is 0. The number of hydrogen-bond acceptors (Lipinski definition) is 8. The fourth-order valence-corrected chi connectivity index (χ4v) is 4.69. The van der Waals surface area contributed by atoms with E-state index >= 15 is 0 Å². The van der Waals surface area contributed by atoms with Crippen molar-refractivity contribution >= 4 is 34.1 Å². The van der Waals surface area contributed by atoms with Crippen LogP contribution in [0, 0.1) is 0 Å². The quantitative estimate of drug-likeness (QED) is 0.817. The molecule has 1 amide bonds. The van der Waals surface area contributed by atoms with Gasteiger partial charge in [-0.05, 0) is 30.5 Å². The number of ether oxygens (including phenoxy) is 2. The number of nitrogens with zero attached hydrogens (tertiary/aromatic N) is 3. The topological polar surface area (TPSA) is 90.6 Å². The Bertz CT molecular complexity index is 782. The molecule has 4 rings (SSSR count). The van der Waals surface area contributed by atoms with Crippen molar-refractivity contribution in [1.82, 2.24) is 15.1 Å². The third-order valence-corrected chi connectivity index (χ3v) is 6.14. The van der Waals surface area contributed by atoms with Crippen LogP contribution in [0.15, 0.2) is 22.5 Å². The first-order valence-corrected chi connectivity index (χ1v) is 9.92. The van der Waals surface area contributed by atoms with Gasteiger partial charge >= 0.3 is 0 Å². The number of anilines is 1. The summed E-state index contributed by atoms with van der Waals surface area (Å²) in [5, 5.41) is 8.14.